The van der Waals surface area contributed by atoms with Crippen LogP contribution in [-0.4, -0.2) is 21.5 Å². The molecule has 0 aromatic heterocycles. The van der Waals surface area contributed by atoms with Crippen molar-refractivity contribution in [1.82, 2.24) is 0 Å². The number of amides is 2. The first-order chi connectivity index (χ1) is 12.5. The number of carbonyl (C=O) groups excluding carboxylic acids is 1. The summed E-state index contributed by atoms with van der Waals surface area (Å²) in [6, 6.07) is 2.85. The van der Waals surface area contributed by atoms with Crippen LogP contribution in [0.15, 0.2) is 23.1 Å². The standard InChI is InChI=1S/C15H12F5N3O3S.Y/c1-6-3-4-7(5-8(6)22-15(24)21-2)23-27(25,26)14-12(19)10(17)9(16)11(18)13(14)20;/h3-5,23H,1-2H3,(H2,21,22,24);/p-1. The van der Waals surface area contributed by atoms with E-state index in [0.717, 1.165) is 12.1 Å². The molecule has 1 radical (unpaired) electrons. The Morgan fingerprint density at radius 2 is 1.46 bits per heavy atom. The van der Waals surface area contributed by atoms with Gasteiger partial charge in [0.15, 0.2) is 34.2 Å². The second-order valence-corrected chi connectivity index (χ2v) is 6.81. The van der Waals surface area contributed by atoms with Crippen LogP contribution < -0.4 is 10.0 Å². The van der Waals surface area contributed by atoms with Gasteiger partial charge in [-0.05, 0) is 30.3 Å². The Labute approximate surface area is 181 Å². The molecule has 0 saturated heterocycles. The average molecular weight is 497 g/mol. The van der Waals surface area contributed by atoms with E-state index in [-0.39, 0.29) is 44.1 Å². The average Bonchev–Trinajstić information content (AvgIpc) is 2.60. The zero-order chi connectivity index (χ0) is 20.5. The zero-order valence-corrected chi connectivity index (χ0v) is 17.9. The van der Waals surface area contributed by atoms with Gasteiger partial charge in [0.05, 0.1) is 0 Å². The first-order valence-corrected chi connectivity index (χ1v) is 8.53. The largest absolute Gasteiger partial charge is 0.434 e. The Morgan fingerprint density at radius 1 is 0.964 bits per heavy atom. The monoisotopic (exact) mass is 497 g/mol. The molecule has 0 aliphatic rings. The summed E-state index contributed by atoms with van der Waals surface area (Å²) in [7, 11) is -3.97. The Morgan fingerprint density at radius 3 is 1.96 bits per heavy atom. The van der Waals surface area contributed by atoms with Crippen molar-refractivity contribution in [3.05, 3.63) is 58.2 Å². The van der Waals surface area contributed by atoms with Crippen LogP contribution in [0.2, 0.25) is 0 Å². The SMILES string of the molecule is C[N-]C(=O)Nc1cc(NS(=O)(=O)c2c(F)c(F)c(F)c(F)c2F)ccc1C.[Y]. The third kappa shape index (κ3) is 4.79. The Balaban J connectivity index is 0.00000392. The molecule has 2 N–H and O–H groups in total. The van der Waals surface area contributed by atoms with Gasteiger partial charge in [-0.25, -0.2) is 30.4 Å². The minimum absolute atomic E-state index is 0. The van der Waals surface area contributed by atoms with Gasteiger partial charge in [-0.15, -0.1) is 0 Å². The molecule has 13 heteroatoms. The molecule has 149 valence electrons. The molecule has 0 heterocycles. The van der Waals surface area contributed by atoms with Crippen molar-refractivity contribution in [3.63, 3.8) is 0 Å². The number of hydrogen-bond donors (Lipinski definition) is 2. The van der Waals surface area contributed by atoms with Crippen LogP contribution in [0.4, 0.5) is 38.1 Å². The summed E-state index contributed by atoms with van der Waals surface area (Å²) in [4.78, 5) is 9.29. The van der Waals surface area contributed by atoms with Gasteiger partial charge < -0.3 is 10.6 Å². The number of anilines is 2. The predicted octanol–water partition coefficient (Wildman–Crippen LogP) is 4.02. The van der Waals surface area contributed by atoms with Gasteiger partial charge in [-0.2, -0.15) is 0 Å². The molecular formula is C15H11F5N3O3SY-. The summed E-state index contributed by atoms with van der Waals surface area (Å²) >= 11 is 0. The summed E-state index contributed by atoms with van der Waals surface area (Å²) < 4.78 is 93.2. The summed E-state index contributed by atoms with van der Waals surface area (Å²) in [6.45, 7) is 1.56. The Kier molecular flexibility index (Phi) is 7.92. The maximum absolute atomic E-state index is 13.8. The maximum Gasteiger partial charge on any atom is 0.267 e. The van der Waals surface area contributed by atoms with Crippen LogP contribution in [-0.2, 0) is 42.7 Å². The first-order valence-electron chi connectivity index (χ1n) is 7.05. The summed E-state index contributed by atoms with van der Waals surface area (Å²) in [5.41, 5.74) is 0.310. The van der Waals surface area contributed by atoms with Crippen LogP contribution in [0.5, 0.6) is 0 Å². The number of sulfonamides is 1. The van der Waals surface area contributed by atoms with E-state index in [1.165, 1.54) is 13.1 Å². The quantitative estimate of drug-likeness (QED) is 0.380. The van der Waals surface area contributed by atoms with Crippen molar-refractivity contribution in [2.75, 3.05) is 17.1 Å². The van der Waals surface area contributed by atoms with Gasteiger partial charge in [0.1, 0.15) is 0 Å². The second kappa shape index (κ2) is 9.14. The topological polar surface area (TPSA) is 89.4 Å². The molecule has 0 unspecified atom stereocenters. The maximum atomic E-state index is 13.8. The fourth-order valence-corrected chi connectivity index (χ4v) is 3.21. The van der Waals surface area contributed by atoms with Gasteiger partial charge in [-0.3, -0.25) is 9.52 Å². The van der Waals surface area contributed by atoms with E-state index in [1.54, 1.807) is 11.6 Å². The van der Waals surface area contributed by atoms with E-state index in [9.17, 15) is 35.2 Å². The van der Waals surface area contributed by atoms with Gasteiger partial charge in [-0.1, -0.05) is 13.1 Å². The number of aryl methyl sites for hydroxylation is 1. The van der Waals surface area contributed by atoms with E-state index in [0.29, 0.717) is 5.56 Å². The van der Waals surface area contributed by atoms with Crippen molar-refractivity contribution in [2.45, 2.75) is 11.8 Å². The van der Waals surface area contributed by atoms with Crippen LogP contribution in [0.25, 0.3) is 5.32 Å². The van der Waals surface area contributed by atoms with Crippen molar-refractivity contribution < 1.29 is 67.9 Å². The van der Waals surface area contributed by atoms with Gasteiger partial charge in [0, 0.05) is 38.4 Å². The number of hydrogen-bond acceptors (Lipinski definition) is 3. The van der Waals surface area contributed by atoms with E-state index in [2.05, 4.69) is 10.6 Å². The molecule has 2 amide bonds. The minimum atomic E-state index is -5.18. The second-order valence-electron chi connectivity index (χ2n) is 5.19. The number of urea groups is 1. The van der Waals surface area contributed by atoms with Gasteiger partial charge in [0.2, 0.25) is 5.82 Å². The number of benzene rings is 2. The third-order valence-corrected chi connectivity index (χ3v) is 4.77. The van der Waals surface area contributed by atoms with Crippen LogP contribution in [0.1, 0.15) is 5.56 Å². The molecule has 0 atom stereocenters. The fraction of sp³-hybridized carbons (Fsp3) is 0.133. The minimum Gasteiger partial charge on any atom is -0.434 e. The molecule has 6 nitrogen and oxygen atoms in total. The molecule has 0 aliphatic carbocycles. The van der Waals surface area contributed by atoms with Crippen LogP contribution in [0.3, 0.4) is 0 Å². The molecular weight excluding hydrogens is 486 g/mol. The predicted molar refractivity (Wildman–Crippen MR) is 86.5 cm³/mol. The number of nitrogens with zero attached hydrogens (tertiary/aromatic N) is 1. The number of nitrogens with one attached hydrogen (secondary N) is 2. The first kappa shape index (κ1) is 24.3. The molecule has 0 spiro atoms. The van der Waals surface area contributed by atoms with E-state index >= 15 is 0 Å². The Hall–Kier alpha value is -1.79. The van der Waals surface area contributed by atoms with E-state index < -0.39 is 50.0 Å². The molecule has 0 bridgehead atoms. The zero-order valence-electron chi connectivity index (χ0n) is 14.3. The molecule has 2 aromatic carbocycles. The Bertz CT molecular complexity index is 1010. The number of halogens is 5. The third-order valence-electron chi connectivity index (χ3n) is 3.37. The molecule has 2 rings (SSSR count). The van der Waals surface area contributed by atoms with Crippen molar-refractivity contribution >= 4 is 27.4 Å². The van der Waals surface area contributed by atoms with E-state index in [1.807, 2.05) is 0 Å². The van der Waals surface area contributed by atoms with Crippen LogP contribution >= 0.6 is 0 Å². The summed E-state index contributed by atoms with van der Waals surface area (Å²) in [5, 5.41) is 5.64. The number of rotatable bonds is 4. The fourth-order valence-electron chi connectivity index (χ4n) is 2.02. The summed E-state index contributed by atoms with van der Waals surface area (Å²) in [6.07, 6.45) is 0. The molecule has 0 aliphatic heterocycles. The molecule has 28 heavy (non-hydrogen) atoms. The van der Waals surface area contributed by atoms with Crippen molar-refractivity contribution in [3.8, 4) is 0 Å². The van der Waals surface area contributed by atoms with Crippen LogP contribution in [0, 0.1) is 36.0 Å². The van der Waals surface area contributed by atoms with Gasteiger partial charge in [0.25, 0.3) is 10.0 Å². The smallest absolute Gasteiger partial charge is 0.267 e. The normalized spacial score (nSPS) is 10.8. The van der Waals surface area contributed by atoms with Crippen molar-refractivity contribution in [1.29, 1.82) is 0 Å². The number of carbonyl (C=O) groups is 1. The molecule has 0 fully saturated rings. The van der Waals surface area contributed by atoms with Gasteiger partial charge >= 0.3 is 0 Å². The van der Waals surface area contributed by atoms with E-state index in [4.69, 9.17) is 0 Å². The molecule has 2 aromatic rings. The van der Waals surface area contributed by atoms with Crippen molar-refractivity contribution in [2.24, 2.45) is 0 Å². The molecule has 0 saturated carbocycles. The summed E-state index contributed by atoms with van der Waals surface area (Å²) in [5.74, 6) is -12.3.